The number of phenols is 1. The van der Waals surface area contributed by atoms with Crippen molar-refractivity contribution in [1.29, 1.82) is 0 Å². The molecule has 144 valence electrons. The SMILES string of the molecule is CCOc1ccc(-c2cc(C(=O)N/N=C\c3cccc(OC)c3O)[nH]n2)cc1. The molecule has 8 heteroatoms. The number of phenolic OH excluding ortho intramolecular Hbond substituents is 1. The van der Waals surface area contributed by atoms with Crippen LogP contribution in [0, 0.1) is 0 Å². The van der Waals surface area contributed by atoms with E-state index < -0.39 is 5.91 Å². The lowest BCUT2D eigenvalue weighted by molar-refractivity contribution is 0.0950. The van der Waals surface area contributed by atoms with Gasteiger partial charge in [0.1, 0.15) is 11.4 Å². The zero-order valence-electron chi connectivity index (χ0n) is 15.5. The number of aromatic nitrogens is 2. The normalized spacial score (nSPS) is 10.8. The Hall–Kier alpha value is -3.81. The molecular weight excluding hydrogens is 360 g/mol. The van der Waals surface area contributed by atoms with E-state index in [2.05, 4.69) is 20.7 Å². The number of aromatic amines is 1. The van der Waals surface area contributed by atoms with E-state index in [0.717, 1.165) is 11.3 Å². The van der Waals surface area contributed by atoms with Crippen molar-refractivity contribution in [3.05, 3.63) is 59.8 Å². The highest BCUT2D eigenvalue weighted by Crippen LogP contribution is 2.28. The van der Waals surface area contributed by atoms with Crippen molar-refractivity contribution in [2.45, 2.75) is 6.92 Å². The van der Waals surface area contributed by atoms with E-state index in [1.54, 1.807) is 24.3 Å². The molecule has 1 aromatic heterocycles. The summed E-state index contributed by atoms with van der Waals surface area (Å²) >= 11 is 0. The van der Waals surface area contributed by atoms with E-state index in [4.69, 9.17) is 9.47 Å². The minimum atomic E-state index is -0.455. The first kappa shape index (κ1) is 19.0. The Morgan fingerprint density at radius 3 is 2.79 bits per heavy atom. The van der Waals surface area contributed by atoms with Gasteiger partial charge >= 0.3 is 0 Å². The molecule has 0 saturated heterocycles. The molecule has 0 saturated carbocycles. The second-order valence-corrected chi connectivity index (χ2v) is 5.72. The minimum absolute atomic E-state index is 0.0534. The number of nitrogens with zero attached hydrogens (tertiary/aromatic N) is 2. The van der Waals surface area contributed by atoms with Gasteiger partial charge in [0.25, 0.3) is 5.91 Å². The van der Waals surface area contributed by atoms with E-state index >= 15 is 0 Å². The summed E-state index contributed by atoms with van der Waals surface area (Å²) in [6, 6.07) is 14.0. The molecule has 3 N–H and O–H groups in total. The fraction of sp³-hybridized carbons (Fsp3) is 0.150. The third-order valence-corrected chi connectivity index (χ3v) is 3.90. The smallest absolute Gasteiger partial charge is 0.289 e. The predicted octanol–water partition coefficient (Wildman–Crippen LogP) is 2.95. The first-order chi connectivity index (χ1) is 13.6. The number of para-hydroxylation sites is 1. The molecule has 0 unspecified atom stereocenters. The monoisotopic (exact) mass is 380 g/mol. The molecule has 0 bridgehead atoms. The predicted molar refractivity (Wildman–Crippen MR) is 105 cm³/mol. The summed E-state index contributed by atoms with van der Waals surface area (Å²) < 4.78 is 10.4. The number of methoxy groups -OCH3 is 1. The zero-order chi connectivity index (χ0) is 19.9. The van der Waals surface area contributed by atoms with Gasteiger partial charge in [-0.15, -0.1) is 0 Å². The van der Waals surface area contributed by atoms with Crippen LogP contribution in [0.2, 0.25) is 0 Å². The molecule has 1 amide bonds. The number of hydrogen-bond donors (Lipinski definition) is 3. The van der Waals surface area contributed by atoms with Crippen molar-refractivity contribution in [3.63, 3.8) is 0 Å². The van der Waals surface area contributed by atoms with Gasteiger partial charge in [-0.1, -0.05) is 6.07 Å². The molecule has 3 rings (SSSR count). The van der Waals surface area contributed by atoms with Crippen LogP contribution in [0.5, 0.6) is 17.2 Å². The molecule has 0 aliphatic rings. The van der Waals surface area contributed by atoms with Crippen LogP contribution in [0.4, 0.5) is 0 Å². The lowest BCUT2D eigenvalue weighted by atomic mass is 10.1. The lowest BCUT2D eigenvalue weighted by Crippen LogP contribution is -2.18. The Bertz CT molecular complexity index is 980. The lowest BCUT2D eigenvalue weighted by Gasteiger charge is -2.04. The number of aromatic hydroxyl groups is 1. The third-order valence-electron chi connectivity index (χ3n) is 3.90. The summed E-state index contributed by atoms with van der Waals surface area (Å²) in [6.07, 6.45) is 1.33. The van der Waals surface area contributed by atoms with Crippen molar-refractivity contribution in [1.82, 2.24) is 15.6 Å². The number of hydrogen-bond acceptors (Lipinski definition) is 6. The number of carbonyl (C=O) groups excluding carboxylic acids is 1. The van der Waals surface area contributed by atoms with Gasteiger partial charge in [0.15, 0.2) is 11.5 Å². The quantitative estimate of drug-likeness (QED) is 0.431. The highest BCUT2D eigenvalue weighted by atomic mass is 16.5. The zero-order valence-corrected chi connectivity index (χ0v) is 15.5. The fourth-order valence-corrected chi connectivity index (χ4v) is 2.50. The van der Waals surface area contributed by atoms with Gasteiger partial charge in [0.05, 0.1) is 25.6 Å². The number of carbonyl (C=O) groups is 1. The average Bonchev–Trinajstić information content (AvgIpc) is 3.20. The van der Waals surface area contributed by atoms with Crippen molar-refractivity contribution in [2.75, 3.05) is 13.7 Å². The van der Waals surface area contributed by atoms with Crippen LogP contribution in [0.3, 0.4) is 0 Å². The second-order valence-electron chi connectivity index (χ2n) is 5.72. The Morgan fingerprint density at radius 2 is 2.07 bits per heavy atom. The first-order valence-electron chi connectivity index (χ1n) is 8.60. The molecule has 0 aliphatic carbocycles. The van der Waals surface area contributed by atoms with Gasteiger partial charge < -0.3 is 14.6 Å². The van der Waals surface area contributed by atoms with E-state index in [-0.39, 0.29) is 11.4 Å². The van der Waals surface area contributed by atoms with Crippen molar-refractivity contribution in [2.24, 2.45) is 5.10 Å². The molecule has 0 radical (unpaired) electrons. The third kappa shape index (κ3) is 4.29. The summed E-state index contributed by atoms with van der Waals surface area (Å²) in [5, 5.41) is 20.7. The van der Waals surface area contributed by atoms with Crippen LogP contribution in [-0.4, -0.2) is 41.1 Å². The first-order valence-corrected chi connectivity index (χ1v) is 8.60. The minimum Gasteiger partial charge on any atom is -0.504 e. The molecule has 0 aliphatic heterocycles. The maximum absolute atomic E-state index is 12.2. The highest BCUT2D eigenvalue weighted by Gasteiger charge is 2.11. The Morgan fingerprint density at radius 1 is 1.29 bits per heavy atom. The van der Waals surface area contributed by atoms with Gasteiger partial charge in [-0.3, -0.25) is 9.89 Å². The molecule has 8 nitrogen and oxygen atoms in total. The molecule has 2 aromatic carbocycles. The summed E-state index contributed by atoms with van der Waals surface area (Å²) in [6.45, 7) is 2.52. The van der Waals surface area contributed by atoms with E-state index in [1.165, 1.54) is 13.3 Å². The van der Waals surface area contributed by atoms with Gasteiger partial charge in [-0.25, -0.2) is 5.43 Å². The van der Waals surface area contributed by atoms with Crippen molar-refractivity contribution < 1.29 is 19.4 Å². The van der Waals surface area contributed by atoms with Crippen LogP contribution in [0.25, 0.3) is 11.3 Å². The number of hydrazone groups is 1. The van der Waals surface area contributed by atoms with E-state index in [0.29, 0.717) is 23.6 Å². The number of ether oxygens (including phenoxy) is 2. The van der Waals surface area contributed by atoms with Gasteiger partial charge in [-0.05, 0) is 49.4 Å². The number of rotatable bonds is 7. The molecule has 0 atom stereocenters. The summed E-state index contributed by atoms with van der Waals surface area (Å²) in [7, 11) is 1.46. The number of amides is 1. The largest absolute Gasteiger partial charge is 0.504 e. The standard InChI is InChI=1S/C20H20N4O4/c1-3-28-15-9-7-13(8-10-15)16-11-17(23-22-16)20(26)24-21-12-14-5-4-6-18(27-2)19(14)25/h4-12,25H,3H2,1-2H3,(H,22,23)(H,24,26)/b21-12-. The summed E-state index contributed by atoms with van der Waals surface area (Å²) in [5.74, 6) is 0.587. The second kappa shape index (κ2) is 8.72. The number of nitrogens with one attached hydrogen (secondary N) is 2. The van der Waals surface area contributed by atoms with Crippen LogP contribution >= 0.6 is 0 Å². The molecule has 28 heavy (non-hydrogen) atoms. The van der Waals surface area contributed by atoms with Gasteiger partial charge in [-0.2, -0.15) is 10.2 Å². The molecule has 3 aromatic rings. The van der Waals surface area contributed by atoms with Crippen LogP contribution in [-0.2, 0) is 0 Å². The van der Waals surface area contributed by atoms with Crippen molar-refractivity contribution >= 4 is 12.1 Å². The van der Waals surface area contributed by atoms with Crippen LogP contribution in [0.1, 0.15) is 23.0 Å². The topological polar surface area (TPSA) is 109 Å². The van der Waals surface area contributed by atoms with Crippen LogP contribution < -0.4 is 14.9 Å². The van der Waals surface area contributed by atoms with Crippen molar-refractivity contribution in [3.8, 4) is 28.5 Å². The average molecular weight is 380 g/mol. The highest BCUT2D eigenvalue weighted by molar-refractivity contribution is 5.94. The number of benzene rings is 2. The van der Waals surface area contributed by atoms with Gasteiger partial charge in [0.2, 0.25) is 0 Å². The van der Waals surface area contributed by atoms with Crippen LogP contribution in [0.15, 0.2) is 53.6 Å². The molecule has 1 heterocycles. The summed E-state index contributed by atoms with van der Waals surface area (Å²) in [5.41, 5.74) is 4.54. The Balaban J connectivity index is 1.66. The van der Waals surface area contributed by atoms with E-state index in [1.807, 2.05) is 31.2 Å². The molecule has 0 spiro atoms. The van der Waals surface area contributed by atoms with E-state index in [9.17, 15) is 9.90 Å². The Labute approximate surface area is 161 Å². The fourth-order valence-electron chi connectivity index (χ4n) is 2.50. The molecular formula is C20H20N4O4. The maximum Gasteiger partial charge on any atom is 0.289 e. The number of H-pyrrole nitrogens is 1. The summed E-state index contributed by atoms with van der Waals surface area (Å²) in [4.78, 5) is 12.2. The van der Waals surface area contributed by atoms with Gasteiger partial charge in [0, 0.05) is 11.1 Å². The Kier molecular flexibility index (Phi) is 5.91. The maximum atomic E-state index is 12.2. The molecule has 0 fully saturated rings.